The number of amides is 1. The van der Waals surface area contributed by atoms with Crippen LogP contribution >= 0.6 is 0 Å². The standard InChI is InChI=1S/C24H32N2O5S/c1-24(2,3)21-6-4-5-7-22(21)31-15-12-25-23(27)20-10-8-19(9-11-20)18-32(28,29)26-13-16-30-17-14-26/h4-11H,12-18H2,1-3H3,(H,25,27). The highest BCUT2D eigenvalue weighted by Crippen LogP contribution is 2.30. The summed E-state index contributed by atoms with van der Waals surface area (Å²) in [6, 6.07) is 14.6. The largest absolute Gasteiger partial charge is 0.491 e. The van der Waals surface area contributed by atoms with Gasteiger partial charge in [-0.1, -0.05) is 51.1 Å². The third kappa shape index (κ3) is 6.54. The number of ether oxygens (including phenoxy) is 2. The van der Waals surface area contributed by atoms with Gasteiger partial charge in [0.05, 0.1) is 25.5 Å². The zero-order valence-corrected chi connectivity index (χ0v) is 19.8. The van der Waals surface area contributed by atoms with Crippen LogP contribution in [0.25, 0.3) is 0 Å². The van der Waals surface area contributed by atoms with Crippen LogP contribution in [0.1, 0.15) is 42.3 Å². The molecule has 3 rings (SSSR count). The van der Waals surface area contributed by atoms with E-state index in [1.54, 1.807) is 24.3 Å². The number of benzene rings is 2. The number of nitrogens with one attached hydrogen (secondary N) is 1. The van der Waals surface area contributed by atoms with Gasteiger partial charge in [-0.15, -0.1) is 0 Å². The molecule has 0 saturated carbocycles. The predicted octanol–water partition coefficient (Wildman–Crippen LogP) is 2.95. The Morgan fingerprint density at radius 2 is 1.72 bits per heavy atom. The normalized spacial score (nSPS) is 15.3. The number of morpholine rings is 1. The molecule has 0 radical (unpaired) electrons. The average Bonchev–Trinajstić information content (AvgIpc) is 2.77. The summed E-state index contributed by atoms with van der Waals surface area (Å²) in [5.74, 6) is 0.510. The fourth-order valence-corrected chi connectivity index (χ4v) is 5.02. The third-order valence-electron chi connectivity index (χ3n) is 5.27. The summed E-state index contributed by atoms with van der Waals surface area (Å²) < 4.78 is 37.6. The van der Waals surface area contributed by atoms with E-state index in [9.17, 15) is 13.2 Å². The molecule has 174 valence electrons. The SMILES string of the molecule is CC(C)(C)c1ccccc1OCCNC(=O)c1ccc(CS(=O)(=O)N2CCOCC2)cc1. The van der Waals surface area contributed by atoms with Crippen LogP contribution in [0.4, 0.5) is 0 Å². The highest BCUT2D eigenvalue weighted by molar-refractivity contribution is 7.88. The first-order valence-corrected chi connectivity index (χ1v) is 12.4. The fraction of sp³-hybridized carbons (Fsp3) is 0.458. The third-order valence-corrected chi connectivity index (χ3v) is 7.12. The number of sulfonamides is 1. The summed E-state index contributed by atoms with van der Waals surface area (Å²) in [6.07, 6.45) is 0. The van der Waals surface area contributed by atoms with Crippen LogP contribution in [0.3, 0.4) is 0 Å². The molecule has 1 saturated heterocycles. The van der Waals surface area contributed by atoms with Gasteiger partial charge in [0, 0.05) is 18.7 Å². The minimum Gasteiger partial charge on any atom is -0.491 e. The Hall–Kier alpha value is -2.42. The van der Waals surface area contributed by atoms with E-state index < -0.39 is 10.0 Å². The molecule has 1 amide bonds. The molecule has 0 spiro atoms. The van der Waals surface area contributed by atoms with Gasteiger partial charge in [-0.3, -0.25) is 4.79 Å². The van der Waals surface area contributed by atoms with Crippen LogP contribution in [0.2, 0.25) is 0 Å². The first-order chi connectivity index (χ1) is 15.2. The molecular formula is C24H32N2O5S. The molecule has 32 heavy (non-hydrogen) atoms. The zero-order chi connectivity index (χ0) is 23.2. The van der Waals surface area contributed by atoms with Crippen LogP contribution in [0, 0.1) is 0 Å². The highest BCUT2D eigenvalue weighted by Gasteiger charge is 2.24. The number of rotatable bonds is 8. The Labute approximate surface area is 190 Å². The van der Waals surface area contributed by atoms with Gasteiger partial charge in [0.1, 0.15) is 12.4 Å². The number of carbonyl (C=O) groups excluding carboxylic acids is 1. The van der Waals surface area contributed by atoms with Crippen molar-refractivity contribution in [3.63, 3.8) is 0 Å². The number of para-hydroxylation sites is 1. The topological polar surface area (TPSA) is 84.9 Å². The minimum absolute atomic E-state index is 0.0309. The van der Waals surface area contributed by atoms with E-state index in [1.807, 2.05) is 18.2 Å². The summed E-state index contributed by atoms with van der Waals surface area (Å²) in [6.45, 7) is 8.72. The lowest BCUT2D eigenvalue weighted by atomic mass is 9.86. The minimum atomic E-state index is -3.39. The van der Waals surface area contributed by atoms with Crippen molar-refractivity contribution >= 4 is 15.9 Å². The van der Waals surface area contributed by atoms with Crippen LogP contribution in [0.15, 0.2) is 48.5 Å². The molecule has 0 atom stereocenters. The maximum Gasteiger partial charge on any atom is 0.251 e. The van der Waals surface area contributed by atoms with Gasteiger partial charge >= 0.3 is 0 Å². The molecule has 1 heterocycles. The highest BCUT2D eigenvalue weighted by atomic mass is 32.2. The quantitative estimate of drug-likeness (QED) is 0.613. The van der Waals surface area contributed by atoms with Crippen molar-refractivity contribution in [2.45, 2.75) is 31.9 Å². The van der Waals surface area contributed by atoms with Crippen molar-refractivity contribution in [2.24, 2.45) is 0 Å². The number of hydrogen-bond acceptors (Lipinski definition) is 5. The Kier molecular flexibility index (Phi) is 7.92. The molecule has 2 aromatic carbocycles. The first-order valence-electron chi connectivity index (χ1n) is 10.8. The van der Waals surface area contributed by atoms with Crippen molar-refractivity contribution in [1.29, 1.82) is 0 Å². The second-order valence-corrected chi connectivity index (χ2v) is 10.8. The van der Waals surface area contributed by atoms with E-state index >= 15 is 0 Å². The molecule has 0 bridgehead atoms. The van der Waals surface area contributed by atoms with Crippen molar-refractivity contribution in [2.75, 3.05) is 39.5 Å². The van der Waals surface area contributed by atoms with E-state index in [-0.39, 0.29) is 17.1 Å². The van der Waals surface area contributed by atoms with Gasteiger partial charge in [-0.2, -0.15) is 4.31 Å². The van der Waals surface area contributed by atoms with E-state index in [0.29, 0.717) is 50.6 Å². The monoisotopic (exact) mass is 460 g/mol. The van der Waals surface area contributed by atoms with E-state index in [1.165, 1.54) is 4.31 Å². The molecular weight excluding hydrogens is 428 g/mol. The summed E-state index contributed by atoms with van der Waals surface area (Å²) in [5, 5.41) is 2.84. The number of carbonyl (C=O) groups is 1. The van der Waals surface area contributed by atoms with E-state index in [4.69, 9.17) is 9.47 Å². The summed E-state index contributed by atoms with van der Waals surface area (Å²) in [5.41, 5.74) is 2.22. The van der Waals surface area contributed by atoms with Crippen LogP contribution in [0.5, 0.6) is 5.75 Å². The van der Waals surface area contributed by atoms with Crippen molar-refractivity contribution in [3.05, 3.63) is 65.2 Å². The van der Waals surface area contributed by atoms with Crippen molar-refractivity contribution in [3.8, 4) is 5.75 Å². The van der Waals surface area contributed by atoms with Gasteiger partial charge < -0.3 is 14.8 Å². The van der Waals surface area contributed by atoms with Gasteiger partial charge in [0.2, 0.25) is 10.0 Å². The molecule has 1 aliphatic rings. The van der Waals surface area contributed by atoms with Crippen molar-refractivity contribution in [1.82, 2.24) is 9.62 Å². The predicted molar refractivity (Wildman–Crippen MR) is 124 cm³/mol. The van der Waals surface area contributed by atoms with Gasteiger partial charge in [0.25, 0.3) is 5.91 Å². The van der Waals surface area contributed by atoms with Crippen LogP contribution < -0.4 is 10.1 Å². The lowest BCUT2D eigenvalue weighted by Crippen LogP contribution is -2.41. The van der Waals surface area contributed by atoms with Gasteiger partial charge in [-0.25, -0.2) is 8.42 Å². The second-order valence-electron chi connectivity index (χ2n) is 8.82. The second kappa shape index (κ2) is 10.5. The van der Waals surface area contributed by atoms with Gasteiger partial charge in [0.15, 0.2) is 0 Å². The molecule has 1 aliphatic heterocycles. The molecule has 0 aromatic heterocycles. The summed E-state index contributed by atoms with van der Waals surface area (Å²) >= 11 is 0. The van der Waals surface area contributed by atoms with E-state index in [2.05, 4.69) is 32.2 Å². The smallest absolute Gasteiger partial charge is 0.251 e. The molecule has 0 aliphatic carbocycles. The first kappa shape index (κ1) is 24.2. The number of nitrogens with zero attached hydrogens (tertiary/aromatic N) is 1. The molecule has 1 fully saturated rings. The summed E-state index contributed by atoms with van der Waals surface area (Å²) in [7, 11) is -3.39. The maximum absolute atomic E-state index is 12.5. The molecule has 8 heteroatoms. The lowest BCUT2D eigenvalue weighted by Gasteiger charge is -2.26. The molecule has 0 unspecified atom stereocenters. The van der Waals surface area contributed by atoms with Crippen molar-refractivity contribution < 1.29 is 22.7 Å². The number of hydrogen-bond donors (Lipinski definition) is 1. The Bertz CT molecular complexity index is 1010. The average molecular weight is 461 g/mol. The zero-order valence-electron chi connectivity index (χ0n) is 19.0. The Morgan fingerprint density at radius 3 is 2.38 bits per heavy atom. The van der Waals surface area contributed by atoms with Gasteiger partial charge in [-0.05, 0) is 34.7 Å². The van der Waals surface area contributed by atoms with Crippen LogP contribution in [-0.2, 0) is 25.9 Å². The molecule has 2 aromatic rings. The van der Waals surface area contributed by atoms with Crippen LogP contribution in [-0.4, -0.2) is 58.1 Å². The van der Waals surface area contributed by atoms with E-state index in [0.717, 1.165) is 11.3 Å². The Balaban J connectivity index is 1.49. The molecule has 7 nitrogen and oxygen atoms in total. The Morgan fingerprint density at radius 1 is 1.06 bits per heavy atom. The molecule has 1 N–H and O–H groups in total. The fourth-order valence-electron chi connectivity index (χ4n) is 3.52. The lowest BCUT2D eigenvalue weighted by molar-refractivity contribution is 0.0729. The maximum atomic E-state index is 12.5. The summed E-state index contributed by atoms with van der Waals surface area (Å²) in [4.78, 5) is 12.4.